The lowest BCUT2D eigenvalue weighted by molar-refractivity contribution is 0.0539. The maximum absolute atomic E-state index is 13.7. The van der Waals surface area contributed by atoms with Crippen molar-refractivity contribution in [2.75, 3.05) is 18.4 Å². The van der Waals surface area contributed by atoms with Crippen LogP contribution in [0.2, 0.25) is 5.02 Å². The summed E-state index contributed by atoms with van der Waals surface area (Å²) in [5, 5.41) is 12.2. The number of aromatic nitrogens is 5. The Balaban J connectivity index is 1.60. The molecule has 2 aromatic heterocycles. The van der Waals surface area contributed by atoms with Crippen LogP contribution in [0.25, 0.3) is 5.69 Å². The Kier molecular flexibility index (Phi) is 5.94. The molecular formula is C21H24ClN7O. The van der Waals surface area contributed by atoms with Crippen molar-refractivity contribution in [2.24, 2.45) is 5.92 Å². The molecule has 1 N–H and O–H groups in total. The summed E-state index contributed by atoms with van der Waals surface area (Å²) in [6.07, 6.45) is 8.37. The van der Waals surface area contributed by atoms with Crippen LogP contribution in [-0.4, -0.2) is 54.9 Å². The zero-order valence-electron chi connectivity index (χ0n) is 17.0. The Labute approximate surface area is 180 Å². The van der Waals surface area contributed by atoms with Gasteiger partial charge < -0.3 is 10.2 Å². The SMILES string of the molecule is Cc1ccc(-n2nccn2)c(C(=O)N2CCC[C@H](C)[C@@H]2CNc2ncc(Cl)cn2)c1. The molecule has 3 aromatic rings. The molecule has 30 heavy (non-hydrogen) atoms. The summed E-state index contributed by atoms with van der Waals surface area (Å²) in [6.45, 7) is 5.43. The van der Waals surface area contributed by atoms with Gasteiger partial charge in [-0.15, -0.1) is 0 Å². The van der Waals surface area contributed by atoms with Gasteiger partial charge >= 0.3 is 0 Å². The molecule has 2 atom stereocenters. The highest BCUT2D eigenvalue weighted by Gasteiger charge is 2.33. The number of carbonyl (C=O) groups excluding carboxylic acids is 1. The maximum atomic E-state index is 13.7. The second-order valence-corrected chi connectivity index (χ2v) is 8.07. The van der Waals surface area contributed by atoms with Gasteiger partial charge in [-0.1, -0.05) is 30.2 Å². The Hall–Kier alpha value is -3.00. The van der Waals surface area contributed by atoms with Crippen molar-refractivity contribution in [3.8, 4) is 5.69 Å². The van der Waals surface area contributed by atoms with Gasteiger partial charge in [0.25, 0.3) is 5.91 Å². The number of hydrogen-bond donors (Lipinski definition) is 1. The van der Waals surface area contributed by atoms with Gasteiger partial charge in [0.1, 0.15) is 0 Å². The van der Waals surface area contributed by atoms with Crippen molar-refractivity contribution in [1.82, 2.24) is 29.9 Å². The number of likely N-dealkylation sites (tertiary alicyclic amines) is 1. The lowest BCUT2D eigenvalue weighted by atomic mass is 9.90. The van der Waals surface area contributed by atoms with Crippen LogP contribution in [0.15, 0.2) is 43.0 Å². The molecular weight excluding hydrogens is 402 g/mol. The Morgan fingerprint density at radius 1 is 1.23 bits per heavy atom. The van der Waals surface area contributed by atoms with E-state index in [0.29, 0.717) is 41.2 Å². The smallest absolute Gasteiger partial charge is 0.256 e. The van der Waals surface area contributed by atoms with Gasteiger partial charge in [-0.3, -0.25) is 4.79 Å². The van der Waals surface area contributed by atoms with Crippen molar-refractivity contribution in [2.45, 2.75) is 32.7 Å². The predicted octanol–water partition coefficient (Wildman–Crippen LogP) is 3.37. The molecule has 1 fully saturated rings. The standard InChI is InChI=1S/C21H24ClN7O/c1-14-5-6-18(29-26-7-8-27-29)17(10-14)20(30)28-9-3-4-15(2)19(28)13-25-21-23-11-16(22)12-24-21/h5-8,10-12,15,19H,3-4,9,13H2,1-2H3,(H,23,24,25)/t15-,19-/m0/s1. The quantitative estimate of drug-likeness (QED) is 0.674. The minimum Gasteiger partial charge on any atom is -0.352 e. The number of anilines is 1. The number of rotatable bonds is 5. The highest BCUT2D eigenvalue weighted by Crippen LogP contribution is 2.27. The zero-order valence-corrected chi connectivity index (χ0v) is 17.8. The fraction of sp³-hybridized carbons (Fsp3) is 0.381. The van der Waals surface area contributed by atoms with E-state index in [9.17, 15) is 4.79 Å². The molecule has 0 bridgehead atoms. The molecule has 0 saturated carbocycles. The minimum absolute atomic E-state index is 0.0126. The second-order valence-electron chi connectivity index (χ2n) is 7.63. The van der Waals surface area contributed by atoms with Gasteiger partial charge in [-0.25, -0.2) is 9.97 Å². The van der Waals surface area contributed by atoms with Gasteiger partial charge in [-0.2, -0.15) is 15.0 Å². The highest BCUT2D eigenvalue weighted by molar-refractivity contribution is 6.30. The largest absolute Gasteiger partial charge is 0.352 e. The third-order valence-electron chi connectivity index (χ3n) is 5.48. The fourth-order valence-electron chi connectivity index (χ4n) is 3.90. The zero-order chi connectivity index (χ0) is 21.1. The molecule has 1 aromatic carbocycles. The van der Waals surface area contributed by atoms with Crippen LogP contribution in [0.5, 0.6) is 0 Å². The van der Waals surface area contributed by atoms with E-state index in [1.54, 1.807) is 24.8 Å². The van der Waals surface area contributed by atoms with Crippen LogP contribution in [0.3, 0.4) is 0 Å². The maximum Gasteiger partial charge on any atom is 0.256 e. The van der Waals surface area contributed by atoms with Crippen LogP contribution in [0, 0.1) is 12.8 Å². The Morgan fingerprint density at radius 2 is 1.97 bits per heavy atom. The number of nitrogens with one attached hydrogen (secondary N) is 1. The number of aryl methyl sites for hydroxylation is 1. The molecule has 0 radical (unpaired) electrons. The lowest BCUT2D eigenvalue weighted by Gasteiger charge is -2.40. The molecule has 156 valence electrons. The summed E-state index contributed by atoms with van der Waals surface area (Å²) >= 11 is 5.87. The van der Waals surface area contributed by atoms with Gasteiger partial charge in [0, 0.05) is 13.1 Å². The normalized spacial score (nSPS) is 19.0. The first kappa shape index (κ1) is 20.3. The van der Waals surface area contributed by atoms with E-state index < -0.39 is 0 Å². The molecule has 0 unspecified atom stereocenters. The molecule has 1 aliphatic heterocycles. The highest BCUT2D eigenvalue weighted by atomic mass is 35.5. The van der Waals surface area contributed by atoms with E-state index in [1.807, 2.05) is 30.0 Å². The van der Waals surface area contributed by atoms with Crippen LogP contribution in [0.4, 0.5) is 5.95 Å². The van der Waals surface area contributed by atoms with Gasteiger partial charge in [0.15, 0.2) is 0 Å². The molecule has 1 amide bonds. The first-order valence-corrected chi connectivity index (χ1v) is 10.4. The van der Waals surface area contributed by atoms with Gasteiger partial charge in [-0.05, 0) is 37.8 Å². The number of halogens is 1. The fourth-order valence-corrected chi connectivity index (χ4v) is 4.00. The molecule has 4 rings (SSSR count). The monoisotopic (exact) mass is 425 g/mol. The number of nitrogens with zero attached hydrogens (tertiary/aromatic N) is 6. The molecule has 9 heteroatoms. The van der Waals surface area contributed by atoms with Crippen molar-refractivity contribution < 1.29 is 4.79 Å². The average molecular weight is 426 g/mol. The number of benzene rings is 1. The first-order valence-electron chi connectivity index (χ1n) is 10.0. The molecule has 1 saturated heterocycles. The van der Waals surface area contributed by atoms with E-state index in [1.165, 1.54) is 4.80 Å². The van der Waals surface area contributed by atoms with Crippen LogP contribution in [-0.2, 0) is 0 Å². The van der Waals surface area contributed by atoms with E-state index in [4.69, 9.17) is 11.6 Å². The van der Waals surface area contributed by atoms with Crippen molar-refractivity contribution in [1.29, 1.82) is 0 Å². The molecule has 1 aliphatic rings. The summed E-state index contributed by atoms with van der Waals surface area (Å²) < 4.78 is 0. The summed E-state index contributed by atoms with van der Waals surface area (Å²) in [6, 6.07) is 5.78. The molecule has 0 aliphatic carbocycles. The van der Waals surface area contributed by atoms with Crippen LogP contribution in [0.1, 0.15) is 35.7 Å². The number of hydrogen-bond acceptors (Lipinski definition) is 6. The summed E-state index contributed by atoms with van der Waals surface area (Å²) in [7, 11) is 0. The van der Waals surface area contributed by atoms with Crippen LogP contribution >= 0.6 is 11.6 Å². The van der Waals surface area contributed by atoms with E-state index in [2.05, 4.69) is 32.4 Å². The summed E-state index contributed by atoms with van der Waals surface area (Å²) in [4.78, 5) is 25.5. The number of amides is 1. The van der Waals surface area contributed by atoms with E-state index in [0.717, 1.165) is 18.4 Å². The molecule has 8 nitrogen and oxygen atoms in total. The van der Waals surface area contributed by atoms with Gasteiger partial charge in [0.05, 0.1) is 47.1 Å². The summed E-state index contributed by atoms with van der Waals surface area (Å²) in [5.41, 5.74) is 2.30. The predicted molar refractivity (Wildman–Crippen MR) is 115 cm³/mol. The summed E-state index contributed by atoms with van der Waals surface area (Å²) in [5.74, 6) is 0.835. The average Bonchev–Trinajstić information content (AvgIpc) is 3.28. The Bertz CT molecular complexity index is 1010. The lowest BCUT2D eigenvalue weighted by Crippen LogP contribution is -2.51. The van der Waals surface area contributed by atoms with E-state index >= 15 is 0 Å². The minimum atomic E-state index is -0.0126. The van der Waals surface area contributed by atoms with Crippen molar-refractivity contribution in [3.05, 3.63) is 59.1 Å². The van der Waals surface area contributed by atoms with Crippen molar-refractivity contribution >= 4 is 23.5 Å². The number of piperidine rings is 1. The third kappa shape index (κ3) is 4.28. The van der Waals surface area contributed by atoms with Gasteiger partial charge in [0.2, 0.25) is 5.95 Å². The molecule has 0 spiro atoms. The third-order valence-corrected chi connectivity index (χ3v) is 5.68. The first-order chi connectivity index (χ1) is 14.5. The molecule has 3 heterocycles. The second kappa shape index (κ2) is 8.79. The van der Waals surface area contributed by atoms with E-state index in [-0.39, 0.29) is 11.9 Å². The number of carbonyl (C=O) groups is 1. The topological polar surface area (TPSA) is 88.8 Å². The van der Waals surface area contributed by atoms with Crippen LogP contribution < -0.4 is 5.32 Å². The Morgan fingerprint density at radius 3 is 2.70 bits per heavy atom. The van der Waals surface area contributed by atoms with Crippen molar-refractivity contribution in [3.63, 3.8) is 0 Å².